The van der Waals surface area contributed by atoms with Crippen molar-refractivity contribution in [2.24, 2.45) is 11.8 Å². The molecule has 0 saturated carbocycles. The van der Waals surface area contributed by atoms with Crippen molar-refractivity contribution < 1.29 is 14.3 Å². The standard InChI is InChI=1S/C16H32O3Si/c1-9-12(2)10-11-14(13(3)15(17)18)19-20(7,8)16(4,5)6/h9,12-14H,1,10-11H2,2-8H3,(H,17,18)/t12-,13-,14+/m1/s1. The molecule has 0 heterocycles. The number of carboxylic acid groups (broad SMARTS) is 1. The molecule has 0 aromatic carbocycles. The zero-order valence-electron chi connectivity index (χ0n) is 14.2. The van der Waals surface area contributed by atoms with Gasteiger partial charge in [0.15, 0.2) is 8.32 Å². The predicted molar refractivity (Wildman–Crippen MR) is 87.5 cm³/mol. The normalized spacial score (nSPS) is 17.4. The molecular formula is C16H32O3Si. The van der Waals surface area contributed by atoms with E-state index in [0.717, 1.165) is 12.8 Å². The lowest BCUT2D eigenvalue weighted by Crippen LogP contribution is -2.46. The first kappa shape index (κ1) is 19.4. The second-order valence-electron chi connectivity index (χ2n) is 7.33. The quantitative estimate of drug-likeness (QED) is 0.522. The highest BCUT2D eigenvalue weighted by Crippen LogP contribution is 2.38. The molecule has 0 spiro atoms. The maximum atomic E-state index is 11.3. The molecule has 0 aliphatic heterocycles. The van der Waals surface area contributed by atoms with E-state index in [1.54, 1.807) is 6.92 Å². The Morgan fingerprint density at radius 1 is 1.30 bits per heavy atom. The Morgan fingerprint density at radius 2 is 1.80 bits per heavy atom. The van der Waals surface area contributed by atoms with E-state index in [1.165, 1.54) is 0 Å². The van der Waals surface area contributed by atoms with Crippen LogP contribution >= 0.6 is 0 Å². The minimum Gasteiger partial charge on any atom is -0.481 e. The van der Waals surface area contributed by atoms with Gasteiger partial charge in [0, 0.05) is 0 Å². The molecule has 118 valence electrons. The summed E-state index contributed by atoms with van der Waals surface area (Å²) >= 11 is 0. The molecule has 0 aliphatic carbocycles. The lowest BCUT2D eigenvalue weighted by Gasteiger charge is -2.40. The van der Waals surface area contributed by atoms with Crippen LogP contribution in [0.5, 0.6) is 0 Å². The monoisotopic (exact) mass is 300 g/mol. The van der Waals surface area contributed by atoms with Crippen molar-refractivity contribution >= 4 is 14.3 Å². The first-order valence-corrected chi connectivity index (χ1v) is 10.4. The van der Waals surface area contributed by atoms with E-state index < -0.39 is 20.2 Å². The molecular weight excluding hydrogens is 268 g/mol. The highest BCUT2D eigenvalue weighted by molar-refractivity contribution is 6.74. The fourth-order valence-corrected chi connectivity index (χ4v) is 3.10. The molecule has 4 heteroatoms. The number of hydrogen-bond acceptors (Lipinski definition) is 2. The molecule has 0 bridgehead atoms. The molecule has 3 atom stereocenters. The van der Waals surface area contributed by atoms with Crippen molar-refractivity contribution in [3.63, 3.8) is 0 Å². The van der Waals surface area contributed by atoms with Gasteiger partial charge in [0.05, 0.1) is 12.0 Å². The van der Waals surface area contributed by atoms with Gasteiger partial charge in [-0.1, -0.05) is 33.8 Å². The van der Waals surface area contributed by atoms with Crippen LogP contribution < -0.4 is 0 Å². The van der Waals surface area contributed by atoms with Gasteiger partial charge in [-0.05, 0) is 43.8 Å². The van der Waals surface area contributed by atoms with E-state index >= 15 is 0 Å². The highest BCUT2D eigenvalue weighted by Gasteiger charge is 2.41. The van der Waals surface area contributed by atoms with E-state index in [2.05, 4.69) is 47.4 Å². The van der Waals surface area contributed by atoms with Crippen molar-refractivity contribution in [2.75, 3.05) is 0 Å². The lowest BCUT2D eigenvalue weighted by molar-refractivity contribution is -0.144. The lowest BCUT2D eigenvalue weighted by atomic mass is 9.96. The second-order valence-corrected chi connectivity index (χ2v) is 12.1. The molecule has 0 rings (SSSR count). The topological polar surface area (TPSA) is 46.5 Å². The Balaban J connectivity index is 4.95. The molecule has 20 heavy (non-hydrogen) atoms. The molecule has 1 N–H and O–H groups in total. The highest BCUT2D eigenvalue weighted by atomic mass is 28.4. The van der Waals surface area contributed by atoms with E-state index in [-0.39, 0.29) is 11.1 Å². The SMILES string of the molecule is C=C[C@@H](C)CC[C@H](O[Si](C)(C)C(C)(C)C)[C@@H](C)C(=O)O. The van der Waals surface area contributed by atoms with Crippen molar-refractivity contribution in [3.05, 3.63) is 12.7 Å². The summed E-state index contributed by atoms with van der Waals surface area (Å²) in [5, 5.41) is 9.38. The molecule has 3 nitrogen and oxygen atoms in total. The van der Waals surface area contributed by atoms with E-state index in [9.17, 15) is 9.90 Å². The van der Waals surface area contributed by atoms with Crippen LogP contribution in [-0.2, 0) is 9.22 Å². The van der Waals surface area contributed by atoms with Gasteiger partial charge in [0.2, 0.25) is 0 Å². The Bertz CT molecular complexity index is 331. The number of allylic oxidation sites excluding steroid dienone is 1. The fourth-order valence-electron chi connectivity index (χ4n) is 1.67. The average molecular weight is 301 g/mol. The number of carboxylic acids is 1. The van der Waals surface area contributed by atoms with Crippen LogP contribution in [0, 0.1) is 11.8 Å². The predicted octanol–water partition coefficient (Wildman–Crippen LogP) is 4.70. The van der Waals surface area contributed by atoms with Gasteiger partial charge < -0.3 is 9.53 Å². The van der Waals surface area contributed by atoms with E-state index in [0.29, 0.717) is 5.92 Å². The minimum atomic E-state index is -1.95. The maximum absolute atomic E-state index is 11.3. The van der Waals surface area contributed by atoms with Crippen molar-refractivity contribution in [1.82, 2.24) is 0 Å². The van der Waals surface area contributed by atoms with Gasteiger partial charge in [-0.3, -0.25) is 4.79 Å². The summed E-state index contributed by atoms with van der Waals surface area (Å²) < 4.78 is 6.34. The summed E-state index contributed by atoms with van der Waals surface area (Å²) in [6.45, 7) is 18.5. The van der Waals surface area contributed by atoms with Gasteiger partial charge in [-0.2, -0.15) is 0 Å². The summed E-state index contributed by atoms with van der Waals surface area (Å²) in [7, 11) is -1.95. The van der Waals surface area contributed by atoms with Crippen LogP contribution in [0.2, 0.25) is 18.1 Å². The Morgan fingerprint density at radius 3 is 2.15 bits per heavy atom. The summed E-state index contributed by atoms with van der Waals surface area (Å²) in [5.41, 5.74) is 0. The van der Waals surface area contributed by atoms with Crippen molar-refractivity contribution in [1.29, 1.82) is 0 Å². The number of aliphatic carboxylic acids is 1. The summed E-state index contributed by atoms with van der Waals surface area (Å²) in [6.07, 6.45) is 3.39. The van der Waals surface area contributed by atoms with Crippen LogP contribution in [0.1, 0.15) is 47.5 Å². The first-order chi connectivity index (χ1) is 8.92. The maximum Gasteiger partial charge on any atom is 0.308 e. The fraction of sp³-hybridized carbons (Fsp3) is 0.812. The third-order valence-corrected chi connectivity index (χ3v) is 9.01. The molecule has 0 unspecified atom stereocenters. The Hall–Kier alpha value is -0.613. The molecule has 0 radical (unpaired) electrons. The van der Waals surface area contributed by atoms with Gasteiger partial charge >= 0.3 is 5.97 Å². The largest absolute Gasteiger partial charge is 0.481 e. The third kappa shape index (κ3) is 5.79. The molecule has 0 aromatic rings. The molecule has 0 aliphatic rings. The molecule has 0 fully saturated rings. The summed E-state index contributed by atoms with van der Waals surface area (Å²) in [5.74, 6) is -0.859. The van der Waals surface area contributed by atoms with Gasteiger partial charge in [-0.15, -0.1) is 6.58 Å². The van der Waals surface area contributed by atoms with Gasteiger partial charge in [0.1, 0.15) is 0 Å². The summed E-state index contributed by atoms with van der Waals surface area (Å²) in [6, 6.07) is 0. The van der Waals surface area contributed by atoms with Crippen LogP contribution in [-0.4, -0.2) is 25.5 Å². The van der Waals surface area contributed by atoms with Crippen LogP contribution in [0.3, 0.4) is 0 Å². The van der Waals surface area contributed by atoms with E-state index in [4.69, 9.17) is 4.43 Å². The van der Waals surface area contributed by atoms with Gasteiger partial charge in [-0.25, -0.2) is 0 Å². The van der Waals surface area contributed by atoms with E-state index in [1.807, 2.05) is 6.08 Å². The number of rotatable bonds is 8. The number of carbonyl (C=O) groups is 1. The van der Waals surface area contributed by atoms with Crippen molar-refractivity contribution in [3.8, 4) is 0 Å². The zero-order valence-corrected chi connectivity index (χ0v) is 15.2. The molecule has 0 aromatic heterocycles. The smallest absolute Gasteiger partial charge is 0.308 e. The number of hydrogen-bond donors (Lipinski definition) is 1. The third-order valence-electron chi connectivity index (χ3n) is 4.51. The van der Waals surface area contributed by atoms with Crippen LogP contribution in [0.15, 0.2) is 12.7 Å². The Labute approximate surface area is 125 Å². The summed E-state index contributed by atoms with van der Waals surface area (Å²) in [4.78, 5) is 11.3. The first-order valence-electron chi connectivity index (χ1n) is 7.45. The van der Waals surface area contributed by atoms with Crippen molar-refractivity contribution in [2.45, 2.75) is 71.7 Å². The second kappa shape index (κ2) is 7.41. The van der Waals surface area contributed by atoms with Crippen LogP contribution in [0.25, 0.3) is 0 Å². The van der Waals surface area contributed by atoms with Crippen LogP contribution in [0.4, 0.5) is 0 Å². The Kier molecular flexibility index (Phi) is 7.18. The average Bonchev–Trinajstić information content (AvgIpc) is 2.31. The minimum absolute atomic E-state index is 0.0908. The molecule has 0 saturated heterocycles. The zero-order chi connectivity index (χ0) is 16.1. The molecule has 0 amide bonds. The van der Waals surface area contributed by atoms with Gasteiger partial charge in [0.25, 0.3) is 0 Å².